The number of unbranched alkanes of at least 4 members (excludes halogenated alkanes) is 1. The normalized spacial score (nSPS) is 15.2. The van der Waals surface area contributed by atoms with Crippen LogP contribution in [0.2, 0.25) is 0 Å². The summed E-state index contributed by atoms with van der Waals surface area (Å²) in [5.74, 6) is -1.74. The third-order valence-electron chi connectivity index (χ3n) is 8.42. The highest BCUT2D eigenvalue weighted by Gasteiger charge is 2.41. The van der Waals surface area contributed by atoms with Crippen LogP contribution in [-0.4, -0.2) is 65.0 Å². The third kappa shape index (κ3) is 10.1. The minimum absolute atomic E-state index is 0.00714. The Morgan fingerprint density at radius 1 is 0.940 bits per heavy atom. The molecule has 12 heteroatoms. The lowest BCUT2D eigenvalue weighted by atomic mass is 10.00. The molecule has 1 heterocycles. The van der Waals surface area contributed by atoms with Crippen LogP contribution >= 0.6 is 0 Å². The zero-order valence-electron chi connectivity index (χ0n) is 29.3. The maximum Gasteiger partial charge on any atom is 0.408 e. The van der Waals surface area contributed by atoms with Crippen LogP contribution in [0.4, 0.5) is 10.5 Å². The molecule has 0 aromatic heterocycles. The number of amides is 3. The van der Waals surface area contributed by atoms with Crippen LogP contribution < -0.4 is 21.3 Å². The van der Waals surface area contributed by atoms with Crippen LogP contribution in [0.1, 0.15) is 65.4 Å². The van der Waals surface area contributed by atoms with Crippen molar-refractivity contribution in [2.45, 2.75) is 84.2 Å². The van der Waals surface area contributed by atoms with E-state index in [-0.39, 0.29) is 38.6 Å². The van der Waals surface area contributed by atoms with Crippen molar-refractivity contribution in [2.24, 2.45) is 11.7 Å². The first-order chi connectivity index (χ1) is 23.9. The van der Waals surface area contributed by atoms with Crippen LogP contribution in [0.3, 0.4) is 0 Å². The van der Waals surface area contributed by atoms with Gasteiger partial charge in [-0.2, -0.15) is 0 Å². The number of alkyl carbamates (subject to hydrolysis) is 1. The van der Waals surface area contributed by atoms with E-state index in [0.29, 0.717) is 18.0 Å². The van der Waals surface area contributed by atoms with Crippen molar-refractivity contribution in [2.75, 3.05) is 18.2 Å². The molecule has 3 atom stereocenters. The van der Waals surface area contributed by atoms with E-state index in [4.69, 9.17) is 15.2 Å². The van der Waals surface area contributed by atoms with E-state index in [9.17, 15) is 24.3 Å². The molecule has 1 aliphatic rings. The van der Waals surface area contributed by atoms with Gasteiger partial charge < -0.3 is 35.8 Å². The summed E-state index contributed by atoms with van der Waals surface area (Å²) in [6.45, 7) is 7.41. The molecule has 0 aliphatic carbocycles. The number of carbonyl (C=O) groups excluding carboxylic acids is 4. The summed E-state index contributed by atoms with van der Waals surface area (Å²) in [6, 6.07) is 20.5. The molecule has 5 N–H and O–H groups in total. The molecule has 50 heavy (non-hydrogen) atoms. The van der Waals surface area contributed by atoms with E-state index in [0.717, 1.165) is 34.9 Å². The number of benzene rings is 3. The second-order valence-corrected chi connectivity index (χ2v) is 13.0. The number of nitrogens with zero attached hydrogens (tertiary/aromatic N) is 2. The fourth-order valence-electron chi connectivity index (χ4n) is 5.78. The Kier molecular flexibility index (Phi) is 13.4. The number of ether oxygens (including phenoxy) is 2. The lowest BCUT2D eigenvalue weighted by molar-refractivity contribution is -0.172. The molecule has 0 fully saturated rings. The van der Waals surface area contributed by atoms with Crippen LogP contribution in [0.15, 0.2) is 84.7 Å². The Bertz CT molecular complexity index is 1660. The van der Waals surface area contributed by atoms with E-state index in [2.05, 4.69) is 24.5 Å². The number of hydrogen-bond donors (Lipinski definition) is 4. The van der Waals surface area contributed by atoms with Crippen molar-refractivity contribution in [3.05, 3.63) is 90.3 Å². The number of anilines is 1. The Morgan fingerprint density at radius 2 is 1.64 bits per heavy atom. The Labute approximate surface area is 293 Å². The van der Waals surface area contributed by atoms with Gasteiger partial charge in [0.25, 0.3) is 0 Å². The molecular formula is C38H49N5O7. The van der Waals surface area contributed by atoms with Gasteiger partial charge in [0.15, 0.2) is 0 Å². The van der Waals surface area contributed by atoms with Crippen molar-refractivity contribution in [1.82, 2.24) is 15.5 Å². The van der Waals surface area contributed by atoms with E-state index in [1.54, 1.807) is 32.2 Å². The van der Waals surface area contributed by atoms with Crippen molar-refractivity contribution in [3.63, 3.8) is 0 Å². The predicted molar refractivity (Wildman–Crippen MR) is 191 cm³/mol. The number of esters is 1. The summed E-state index contributed by atoms with van der Waals surface area (Å²) in [7, 11) is 0. The SMILES string of the molecule is CCOC(=O)C(O)(CCCCC(C)C)NC(=O)[C@H](CC1=CN(C(=O)[C@H](C)N)CN1c1cccc2ccccc12)NC(=O)OCc1ccccc1. The Hall–Kier alpha value is -4.94. The molecular weight excluding hydrogens is 638 g/mol. The number of carbonyl (C=O) groups is 4. The highest BCUT2D eigenvalue weighted by Crippen LogP contribution is 2.34. The number of nitrogens with one attached hydrogen (secondary N) is 2. The molecule has 0 bridgehead atoms. The average Bonchev–Trinajstić information content (AvgIpc) is 3.52. The number of nitrogens with two attached hydrogens (primary N) is 1. The van der Waals surface area contributed by atoms with E-state index < -0.39 is 35.8 Å². The number of fused-ring (bicyclic) bond motifs is 1. The summed E-state index contributed by atoms with van der Waals surface area (Å²) in [6.07, 6.45) is 2.54. The summed E-state index contributed by atoms with van der Waals surface area (Å²) in [4.78, 5) is 56.8. The van der Waals surface area contributed by atoms with Crippen LogP contribution in [0, 0.1) is 5.92 Å². The molecule has 12 nitrogen and oxygen atoms in total. The summed E-state index contributed by atoms with van der Waals surface area (Å²) in [5, 5.41) is 18.5. The molecule has 3 amide bonds. The van der Waals surface area contributed by atoms with Crippen molar-refractivity contribution in [3.8, 4) is 0 Å². The molecule has 3 aromatic rings. The summed E-state index contributed by atoms with van der Waals surface area (Å²) < 4.78 is 10.6. The van der Waals surface area contributed by atoms with Crippen molar-refractivity contribution in [1.29, 1.82) is 0 Å². The van der Waals surface area contributed by atoms with Crippen molar-refractivity contribution < 1.29 is 33.8 Å². The Balaban J connectivity index is 1.67. The van der Waals surface area contributed by atoms with Crippen LogP contribution in [0.25, 0.3) is 10.8 Å². The second-order valence-electron chi connectivity index (χ2n) is 13.0. The lowest BCUT2D eigenvalue weighted by Gasteiger charge is -2.30. The standard InChI is InChI=1S/C38H49N5O7/c1-5-49-36(46)38(48,21-12-11-14-26(2)3)41-34(44)32(40-37(47)50-24-28-15-7-6-8-16-28)22-30-23-42(35(45)27(4)39)25-43(30)33-20-13-18-29-17-9-10-19-31(29)33/h6-10,13,15-20,23,26-27,32,48H,5,11-12,14,21-22,24-25,39H2,1-4H3,(H,40,47)(H,41,44)/t27-,32-,38?/m0/s1. The van der Waals surface area contributed by atoms with Gasteiger partial charge in [0.05, 0.1) is 18.3 Å². The second kappa shape index (κ2) is 17.6. The largest absolute Gasteiger partial charge is 0.462 e. The number of aliphatic hydroxyl groups is 1. The maximum absolute atomic E-state index is 14.1. The van der Waals surface area contributed by atoms with Gasteiger partial charge in [-0.05, 0) is 43.2 Å². The van der Waals surface area contributed by atoms with Gasteiger partial charge in [0.1, 0.15) is 19.3 Å². The molecule has 0 radical (unpaired) electrons. The zero-order valence-corrected chi connectivity index (χ0v) is 29.3. The molecule has 268 valence electrons. The molecule has 1 aliphatic heterocycles. The van der Waals surface area contributed by atoms with E-state index in [1.165, 1.54) is 4.90 Å². The van der Waals surface area contributed by atoms with E-state index in [1.807, 2.05) is 65.6 Å². The Morgan fingerprint density at radius 3 is 2.34 bits per heavy atom. The average molecular weight is 688 g/mol. The number of rotatable bonds is 16. The van der Waals surface area contributed by atoms with E-state index >= 15 is 0 Å². The predicted octanol–water partition coefficient (Wildman–Crippen LogP) is 4.90. The molecule has 0 saturated carbocycles. The molecule has 0 saturated heterocycles. The van der Waals surface area contributed by atoms with Crippen LogP contribution in [-0.2, 0) is 30.5 Å². The molecule has 0 spiro atoms. The quantitative estimate of drug-likeness (QED) is 0.0932. The summed E-state index contributed by atoms with van der Waals surface area (Å²) in [5.41, 5.74) is 5.66. The first kappa shape index (κ1) is 37.9. The lowest BCUT2D eigenvalue weighted by Crippen LogP contribution is -2.60. The van der Waals surface area contributed by atoms with Gasteiger partial charge in [0, 0.05) is 30.1 Å². The van der Waals surface area contributed by atoms with Gasteiger partial charge in [-0.1, -0.05) is 93.4 Å². The van der Waals surface area contributed by atoms with Gasteiger partial charge in [-0.25, -0.2) is 9.59 Å². The fraction of sp³-hybridized carbons (Fsp3) is 0.421. The fourth-order valence-corrected chi connectivity index (χ4v) is 5.78. The first-order valence-corrected chi connectivity index (χ1v) is 17.1. The smallest absolute Gasteiger partial charge is 0.408 e. The number of hydrogen-bond acceptors (Lipinski definition) is 9. The van der Waals surface area contributed by atoms with Gasteiger partial charge >= 0.3 is 12.1 Å². The van der Waals surface area contributed by atoms with Gasteiger partial charge in [-0.15, -0.1) is 0 Å². The highest BCUT2D eigenvalue weighted by atomic mass is 16.6. The topological polar surface area (TPSA) is 164 Å². The van der Waals surface area contributed by atoms with Crippen molar-refractivity contribution >= 4 is 40.3 Å². The van der Waals surface area contributed by atoms with Crippen LogP contribution in [0.5, 0.6) is 0 Å². The minimum Gasteiger partial charge on any atom is -0.462 e. The molecule has 4 rings (SSSR count). The monoisotopic (exact) mass is 687 g/mol. The molecule has 1 unspecified atom stereocenters. The zero-order chi connectivity index (χ0) is 36.3. The van der Waals surface area contributed by atoms with Gasteiger partial charge in [-0.3, -0.25) is 14.5 Å². The third-order valence-corrected chi connectivity index (χ3v) is 8.42. The minimum atomic E-state index is -2.34. The first-order valence-electron chi connectivity index (χ1n) is 17.1. The maximum atomic E-state index is 14.1. The highest BCUT2D eigenvalue weighted by molar-refractivity contribution is 5.96. The van der Waals surface area contributed by atoms with Gasteiger partial charge in [0.2, 0.25) is 17.5 Å². The summed E-state index contributed by atoms with van der Waals surface area (Å²) >= 11 is 0. The molecule has 3 aromatic carbocycles.